The van der Waals surface area contributed by atoms with Crippen LogP contribution in [-0.2, 0) is 4.79 Å². The zero-order chi connectivity index (χ0) is 10.5. The molecule has 1 aromatic rings. The van der Waals surface area contributed by atoms with Crippen LogP contribution in [0.1, 0.15) is 19.3 Å². The minimum absolute atomic E-state index is 0.157. The van der Waals surface area contributed by atoms with Crippen molar-refractivity contribution in [3.63, 3.8) is 0 Å². The Hall–Kier alpha value is -1.17. The van der Waals surface area contributed by atoms with E-state index in [0.29, 0.717) is 11.7 Å². The first-order valence-electron chi connectivity index (χ1n) is 5.14. The van der Waals surface area contributed by atoms with Crippen LogP contribution < -0.4 is 5.32 Å². The molecule has 2 heterocycles. The topological polar surface area (TPSA) is 58.1 Å². The lowest BCUT2D eigenvalue weighted by molar-refractivity contribution is -0.130. The van der Waals surface area contributed by atoms with Crippen LogP contribution in [0.4, 0.5) is 5.13 Å². The van der Waals surface area contributed by atoms with Crippen molar-refractivity contribution in [2.45, 2.75) is 19.3 Å². The quantitative estimate of drug-likeness (QED) is 0.834. The molecule has 1 aliphatic rings. The highest BCUT2D eigenvalue weighted by Gasteiger charge is 2.15. The Bertz CT molecular complexity index is 308. The van der Waals surface area contributed by atoms with E-state index >= 15 is 0 Å². The zero-order valence-corrected chi connectivity index (χ0v) is 9.29. The fraction of sp³-hybridized carbons (Fsp3) is 0.667. The van der Waals surface area contributed by atoms with Crippen molar-refractivity contribution in [2.75, 3.05) is 25.0 Å². The van der Waals surface area contributed by atoms with E-state index in [0.717, 1.165) is 25.9 Å². The van der Waals surface area contributed by atoms with Crippen molar-refractivity contribution < 1.29 is 4.79 Å². The Morgan fingerprint density at radius 3 is 2.93 bits per heavy atom. The molecule has 2 rings (SSSR count). The molecule has 1 aromatic heterocycles. The molecule has 0 bridgehead atoms. The summed E-state index contributed by atoms with van der Waals surface area (Å²) in [6.07, 6.45) is 4.99. The van der Waals surface area contributed by atoms with E-state index in [-0.39, 0.29) is 5.91 Å². The molecule has 1 saturated heterocycles. The number of piperidine rings is 1. The Kier molecular flexibility index (Phi) is 3.49. The predicted molar refractivity (Wildman–Crippen MR) is 58.8 cm³/mol. The molecule has 0 unspecified atom stereocenters. The van der Waals surface area contributed by atoms with Crippen LogP contribution in [0.3, 0.4) is 0 Å². The van der Waals surface area contributed by atoms with E-state index in [1.807, 2.05) is 4.90 Å². The minimum Gasteiger partial charge on any atom is -0.351 e. The molecule has 1 aliphatic heterocycles. The fourth-order valence-electron chi connectivity index (χ4n) is 1.66. The Balaban J connectivity index is 1.76. The highest BCUT2D eigenvalue weighted by molar-refractivity contribution is 7.09. The van der Waals surface area contributed by atoms with Crippen LogP contribution in [0.25, 0.3) is 0 Å². The van der Waals surface area contributed by atoms with Gasteiger partial charge in [-0.3, -0.25) is 4.79 Å². The molecule has 1 N–H and O–H groups in total. The van der Waals surface area contributed by atoms with Crippen LogP contribution >= 0.6 is 11.5 Å². The summed E-state index contributed by atoms with van der Waals surface area (Å²) < 4.78 is 3.86. The molecule has 0 radical (unpaired) electrons. The number of carbonyl (C=O) groups is 1. The first-order chi connectivity index (χ1) is 7.36. The van der Waals surface area contributed by atoms with Gasteiger partial charge in [0.1, 0.15) is 6.33 Å². The van der Waals surface area contributed by atoms with Crippen molar-refractivity contribution in [1.29, 1.82) is 0 Å². The van der Waals surface area contributed by atoms with Gasteiger partial charge in [-0.1, -0.05) is 0 Å². The summed E-state index contributed by atoms with van der Waals surface area (Å²) in [7, 11) is 0. The van der Waals surface area contributed by atoms with Crippen LogP contribution in [0.2, 0.25) is 0 Å². The normalized spacial score (nSPS) is 16.4. The van der Waals surface area contributed by atoms with Crippen molar-refractivity contribution >= 4 is 22.6 Å². The van der Waals surface area contributed by atoms with Crippen molar-refractivity contribution in [3.8, 4) is 0 Å². The molecule has 15 heavy (non-hydrogen) atoms. The standard InChI is InChI=1S/C9H14N4OS/c14-8(13-4-2-1-3-5-13)6-10-9-11-7-12-15-9/h7H,1-6H2,(H,10,11,12). The van der Waals surface area contributed by atoms with Gasteiger partial charge in [0.2, 0.25) is 11.0 Å². The number of carbonyl (C=O) groups excluding carboxylic acids is 1. The molecule has 1 amide bonds. The largest absolute Gasteiger partial charge is 0.351 e. The lowest BCUT2D eigenvalue weighted by Gasteiger charge is -2.26. The number of likely N-dealkylation sites (tertiary alicyclic amines) is 1. The smallest absolute Gasteiger partial charge is 0.241 e. The summed E-state index contributed by atoms with van der Waals surface area (Å²) in [5, 5.41) is 3.68. The van der Waals surface area contributed by atoms with Crippen LogP contribution in [0.5, 0.6) is 0 Å². The molecule has 0 spiro atoms. The van der Waals surface area contributed by atoms with Gasteiger partial charge in [0.15, 0.2) is 0 Å². The van der Waals surface area contributed by atoms with Gasteiger partial charge in [-0.25, -0.2) is 4.98 Å². The summed E-state index contributed by atoms with van der Waals surface area (Å²) in [6, 6.07) is 0. The number of anilines is 1. The van der Waals surface area contributed by atoms with Crippen molar-refractivity contribution in [2.24, 2.45) is 0 Å². The lowest BCUT2D eigenvalue weighted by atomic mass is 10.1. The highest BCUT2D eigenvalue weighted by Crippen LogP contribution is 2.10. The van der Waals surface area contributed by atoms with Gasteiger partial charge in [0, 0.05) is 24.6 Å². The molecule has 6 heteroatoms. The number of hydrogen-bond donors (Lipinski definition) is 1. The van der Waals surface area contributed by atoms with Crippen molar-refractivity contribution in [1.82, 2.24) is 14.3 Å². The van der Waals surface area contributed by atoms with Crippen LogP contribution in [0, 0.1) is 0 Å². The first-order valence-corrected chi connectivity index (χ1v) is 5.92. The van der Waals surface area contributed by atoms with Gasteiger partial charge >= 0.3 is 0 Å². The van der Waals surface area contributed by atoms with Crippen molar-refractivity contribution in [3.05, 3.63) is 6.33 Å². The molecule has 0 aromatic carbocycles. The summed E-state index contributed by atoms with van der Waals surface area (Å²) in [5.74, 6) is 0.157. The van der Waals surface area contributed by atoms with E-state index in [1.54, 1.807) is 0 Å². The number of nitrogens with one attached hydrogen (secondary N) is 1. The Morgan fingerprint density at radius 1 is 1.47 bits per heavy atom. The van der Waals surface area contributed by atoms with Crippen LogP contribution in [0.15, 0.2) is 6.33 Å². The van der Waals surface area contributed by atoms with Gasteiger partial charge in [-0.05, 0) is 19.3 Å². The summed E-state index contributed by atoms with van der Waals surface area (Å²) >= 11 is 1.27. The first kappa shape index (κ1) is 10.4. The summed E-state index contributed by atoms with van der Waals surface area (Å²) in [5.41, 5.74) is 0. The van der Waals surface area contributed by atoms with Gasteiger partial charge in [0.25, 0.3) is 0 Å². The average Bonchev–Trinajstić information content (AvgIpc) is 2.80. The predicted octanol–water partition coefficient (Wildman–Crippen LogP) is 0.963. The van der Waals surface area contributed by atoms with Crippen LogP contribution in [-0.4, -0.2) is 39.8 Å². The lowest BCUT2D eigenvalue weighted by Crippen LogP contribution is -2.39. The number of nitrogens with zero attached hydrogens (tertiary/aromatic N) is 3. The molecule has 0 saturated carbocycles. The molecule has 82 valence electrons. The maximum absolute atomic E-state index is 11.7. The molecular formula is C9H14N4OS. The molecule has 0 atom stereocenters. The third-order valence-corrected chi connectivity index (χ3v) is 3.08. The number of rotatable bonds is 3. The molecule has 5 nitrogen and oxygen atoms in total. The second-order valence-electron chi connectivity index (χ2n) is 3.54. The van der Waals surface area contributed by atoms with E-state index in [1.165, 1.54) is 24.3 Å². The molecular weight excluding hydrogens is 212 g/mol. The average molecular weight is 226 g/mol. The second kappa shape index (κ2) is 5.06. The third kappa shape index (κ3) is 2.89. The second-order valence-corrected chi connectivity index (χ2v) is 4.32. The van der Waals surface area contributed by atoms with Gasteiger partial charge in [-0.15, -0.1) is 0 Å². The maximum atomic E-state index is 11.7. The highest BCUT2D eigenvalue weighted by atomic mass is 32.1. The maximum Gasteiger partial charge on any atom is 0.241 e. The van der Waals surface area contributed by atoms with Gasteiger partial charge in [0.05, 0.1) is 6.54 Å². The van der Waals surface area contributed by atoms with E-state index < -0.39 is 0 Å². The summed E-state index contributed by atoms with van der Waals surface area (Å²) in [6.45, 7) is 2.13. The summed E-state index contributed by atoms with van der Waals surface area (Å²) in [4.78, 5) is 17.6. The zero-order valence-electron chi connectivity index (χ0n) is 8.48. The minimum atomic E-state index is 0.157. The van der Waals surface area contributed by atoms with E-state index in [2.05, 4.69) is 14.7 Å². The Labute approximate surface area is 92.7 Å². The molecule has 0 aliphatic carbocycles. The van der Waals surface area contributed by atoms with E-state index in [4.69, 9.17) is 0 Å². The number of amides is 1. The van der Waals surface area contributed by atoms with Gasteiger partial charge < -0.3 is 10.2 Å². The number of aromatic nitrogens is 2. The third-order valence-electron chi connectivity index (χ3n) is 2.46. The SMILES string of the molecule is O=C(CNc1ncns1)N1CCCCC1. The fourth-order valence-corrected chi connectivity index (χ4v) is 2.08. The van der Waals surface area contributed by atoms with E-state index in [9.17, 15) is 4.79 Å². The molecule has 1 fully saturated rings. The monoisotopic (exact) mass is 226 g/mol. The number of hydrogen-bond acceptors (Lipinski definition) is 5. The Morgan fingerprint density at radius 2 is 2.27 bits per heavy atom. The van der Waals surface area contributed by atoms with Gasteiger partial charge in [-0.2, -0.15) is 4.37 Å².